The van der Waals surface area contributed by atoms with Gasteiger partial charge in [-0.05, 0) is 35.4 Å². The first kappa shape index (κ1) is 18.9. The Balaban J connectivity index is 1.39. The van der Waals surface area contributed by atoms with E-state index in [4.69, 9.17) is 9.47 Å². The van der Waals surface area contributed by atoms with Crippen molar-refractivity contribution < 1.29 is 14.3 Å². The fraction of sp³-hybridized carbons (Fsp3) is 0.333. The number of hydrogen-bond donors (Lipinski definition) is 1. The van der Waals surface area contributed by atoms with Gasteiger partial charge >= 0.3 is 0 Å². The van der Waals surface area contributed by atoms with Crippen LogP contribution in [-0.4, -0.2) is 49.2 Å². The van der Waals surface area contributed by atoms with E-state index in [0.29, 0.717) is 11.6 Å². The van der Waals surface area contributed by atoms with Crippen molar-refractivity contribution >= 4 is 32.6 Å². The Bertz CT molecular complexity index is 949. The van der Waals surface area contributed by atoms with Crippen molar-refractivity contribution in [2.45, 2.75) is 13.0 Å². The monoisotopic (exact) mass is 397 g/mol. The highest BCUT2D eigenvalue weighted by Crippen LogP contribution is 2.27. The Hall–Kier alpha value is -2.48. The summed E-state index contributed by atoms with van der Waals surface area (Å²) in [7, 11) is 1.63. The number of fused-ring (bicyclic) bond motifs is 1. The van der Waals surface area contributed by atoms with Crippen molar-refractivity contribution in [2.75, 3.05) is 38.7 Å². The Morgan fingerprint density at radius 3 is 2.68 bits per heavy atom. The lowest BCUT2D eigenvalue weighted by Gasteiger charge is -2.26. The van der Waals surface area contributed by atoms with Crippen LogP contribution in [0.4, 0.5) is 5.13 Å². The van der Waals surface area contributed by atoms with Crippen LogP contribution in [0.2, 0.25) is 0 Å². The first-order valence-corrected chi connectivity index (χ1v) is 10.1. The highest BCUT2D eigenvalue weighted by Gasteiger charge is 2.13. The molecule has 6 nitrogen and oxygen atoms in total. The van der Waals surface area contributed by atoms with E-state index in [-0.39, 0.29) is 5.91 Å². The van der Waals surface area contributed by atoms with Gasteiger partial charge in [0.15, 0.2) is 5.13 Å². The van der Waals surface area contributed by atoms with Crippen LogP contribution in [-0.2, 0) is 22.5 Å². The molecule has 2 heterocycles. The normalized spacial score (nSPS) is 14.9. The second-order valence-corrected chi connectivity index (χ2v) is 7.81. The molecule has 1 N–H and O–H groups in total. The van der Waals surface area contributed by atoms with E-state index in [0.717, 1.165) is 54.4 Å². The van der Waals surface area contributed by atoms with Gasteiger partial charge in [0.1, 0.15) is 5.75 Å². The highest BCUT2D eigenvalue weighted by molar-refractivity contribution is 7.22. The second-order valence-electron chi connectivity index (χ2n) is 6.78. The molecule has 0 unspecified atom stereocenters. The lowest BCUT2D eigenvalue weighted by Crippen LogP contribution is -2.35. The largest absolute Gasteiger partial charge is 0.497 e. The molecule has 1 aromatic heterocycles. The molecule has 3 aromatic rings. The number of nitrogens with one attached hydrogen (secondary N) is 1. The number of methoxy groups -OCH3 is 1. The number of benzene rings is 2. The van der Waals surface area contributed by atoms with E-state index in [1.807, 2.05) is 30.3 Å². The number of amides is 1. The fourth-order valence-electron chi connectivity index (χ4n) is 3.23. The molecule has 0 aliphatic carbocycles. The number of nitrogens with zero attached hydrogens (tertiary/aromatic N) is 2. The molecule has 146 valence electrons. The van der Waals surface area contributed by atoms with Crippen molar-refractivity contribution in [1.29, 1.82) is 0 Å². The van der Waals surface area contributed by atoms with Gasteiger partial charge in [0.2, 0.25) is 5.91 Å². The molecule has 0 atom stereocenters. The van der Waals surface area contributed by atoms with E-state index >= 15 is 0 Å². The average Bonchev–Trinajstić information content (AvgIpc) is 3.10. The number of aromatic nitrogens is 1. The smallest absolute Gasteiger partial charge is 0.230 e. The van der Waals surface area contributed by atoms with E-state index in [1.54, 1.807) is 7.11 Å². The number of hydrogen-bond acceptors (Lipinski definition) is 6. The zero-order valence-electron chi connectivity index (χ0n) is 15.8. The summed E-state index contributed by atoms with van der Waals surface area (Å²) in [5.74, 6) is 0.709. The van der Waals surface area contributed by atoms with Gasteiger partial charge in [-0.1, -0.05) is 29.5 Å². The first-order chi connectivity index (χ1) is 13.7. The van der Waals surface area contributed by atoms with Crippen molar-refractivity contribution in [3.8, 4) is 5.75 Å². The molecule has 1 amide bonds. The van der Waals surface area contributed by atoms with Gasteiger partial charge in [-0.15, -0.1) is 0 Å². The number of morpholine rings is 1. The molecule has 28 heavy (non-hydrogen) atoms. The number of carbonyl (C=O) groups excluding carboxylic acids is 1. The van der Waals surface area contributed by atoms with Crippen molar-refractivity contribution in [3.63, 3.8) is 0 Å². The molecule has 0 radical (unpaired) electrons. The van der Waals surface area contributed by atoms with E-state index in [1.165, 1.54) is 16.9 Å². The third-order valence-electron chi connectivity index (χ3n) is 4.73. The molecule has 2 aromatic carbocycles. The molecule has 1 aliphatic rings. The van der Waals surface area contributed by atoms with E-state index < -0.39 is 0 Å². The van der Waals surface area contributed by atoms with E-state index in [2.05, 4.69) is 27.3 Å². The zero-order valence-corrected chi connectivity index (χ0v) is 16.6. The molecule has 0 saturated carbocycles. The molecule has 0 bridgehead atoms. The molecule has 7 heteroatoms. The topological polar surface area (TPSA) is 63.7 Å². The summed E-state index contributed by atoms with van der Waals surface area (Å²) in [5, 5.41) is 3.56. The predicted molar refractivity (Wildman–Crippen MR) is 111 cm³/mol. The molecular formula is C21H23N3O3S. The van der Waals surface area contributed by atoms with Gasteiger partial charge < -0.3 is 14.8 Å². The summed E-state index contributed by atoms with van der Waals surface area (Å²) >= 11 is 1.51. The van der Waals surface area contributed by atoms with Crippen LogP contribution >= 0.6 is 11.3 Å². The number of anilines is 1. The number of rotatable bonds is 6. The van der Waals surface area contributed by atoms with Crippen molar-refractivity contribution in [3.05, 3.63) is 53.6 Å². The summed E-state index contributed by atoms with van der Waals surface area (Å²) in [6.45, 7) is 4.44. The number of thiazole rings is 1. The molecule has 0 spiro atoms. The number of carbonyl (C=O) groups is 1. The predicted octanol–water partition coefficient (Wildman–Crippen LogP) is 3.32. The third-order valence-corrected chi connectivity index (χ3v) is 5.67. The Morgan fingerprint density at radius 2 is 1.93 bits per heavy atom. The van der Waals surface area contributed by atoms with Gasteiger partial charge in [-0.3, -0.25) is 9.69 Å². The van der Waals surface area contributed by atoms with Crippen LogP contribution in [0.5, 0.6) is 5.75 Å². The van der Waals surface area contributed by atoms with Crippen molar-refractivity contribution in [1.82, 2.24) is 9.88 Å². The third kappa shape index (κ3) is 4.67. The second kappa shape index (κ2) is 8.68. The van der Waals surface area contributed by atoms with Gasteiger partial charge in [0.25, 0.3) is 0 Å². The van der Waals surface area contributed by atoms with Crippen LogP contribution in [0.15, 0.2) is 42.5 Å². The molecule has 1 fully saturated rings. The Kier molecular flexibility index (Phi) is 5.85. The summed E-state index contributed by atoms with van der Waals surface area (Å²) < 4.78 is 11.6. The van der Waals surface area contributed by atoms with Crippen LogP contribution < -0.4 is 10.1 Å². The lowest BCUT2D eigenvalue weighted by atomic mass is 10.1. The summed E-state index contributed by atoms with van der Waals surface area (Å²) in [6.07, 6.45) is 0.308. The number of ether oxygens (including phenoxy) is 2. The summed E-state index contributed by atoms with van der Waals surface area (Å²) in [5.41, 5.74) is 3.11. The first-order valence-electron chi connectivity index (χ1n) is 9.32. The van der Waals surface area contributed by atoms with E-state index in [9.17, 15) is 4.79 Å². The Morgan fingerprint density at radius 1 is 1.18 bits per heavy atom. The maximum atomic E-state index is 12.3. The standard InChI is InChI=1S/C21H23N3O3S/c1-26-17-5-2-15(3-6-17)13-20(25)23-21-22-18-7-4-16(12-19(18)28-21)14-24-8-10-27-11-9-24/h2-7,12H,8-11,13-14H2,1H3,(H,22,23,25). The van der Waals surface area contributed by atoms with Crippen LogP contribution in [0.3, 0.4) is 0 Å². The summed E-state index contributed by atoms with van der Waals surface area (Å²) in [4.78, 5) is 19.3. The molecular weight excluding hydrogens is 374 g/mol. The highest BCUT2D eigenvalue weighted by atomic mass is 32.1. The molecule has 1 aliphatic heterocycles. The molecule has 1 saturated heterocycles. The van der Waals surface area contributed by atoms with Crippen LogP contribution in [0.1, 0.15) is 11.1 Å². The maximum Gasteiger partial charge on any atom is 0.230 e. The van der Waals surface area contributed by atoms with Gasteiger partial charge in [-0.2, -0.15) is 0 Å². The zero-order chi connectivity index (χ0) is 19.3. The van der Waals surface area contributed by atoms with Crippen molar-refractivity contribution in [2.24, 2.45) is 0 Å². The average molecular weight is 398 g/mol. The Labute approximate surface area is 168 Å². The maximum absolute atomic E-state index is 12.3. The van der Waals surface area contributed by atoms with Gasteiger partial charge in [0, 0.05) is 19.6 Å². The quantitative estimate of drug-likeness (QED) is 0.691. The van der Waals surface area contributed by atoms with Gasteiger partial charge in [-0.25, -0.2) is 4.98 Å². The van der Waals surface area contributed by atoms with Crippen LogP contribution in [0, 0.1) is 0 Å². The van der Waals surface area contributed by atoms with Gasteiger partial charge in [0.05, 0.1) is 37.0 Å². The lowest BCUT2D eigenvalue weighted by molar-refractivity contribution is -0.115. The minimum absolute atomic E-state index is 0.0715. The van der Waals surface area contributed by atoms with Crippen LogP contribution in [0.25, 0.3) is 10.2 Å². The SMILES string of the molecule is COc1ccc(CC(=O)Nc2nc3ccc(CN4CCOCC4)cc3s2)cc1. The summed E-state index contributed by atoms with van der Waals surface area (Å²) in [6, 6.07) is 13.8. The molecule has 4 rings (SSSR count). The fourth-order valence-corrected chi connectivity index (χ4v) is 4.18. The minimum Gasteiger partial charge on any atom is -0.497 e. The minimum atomic E-state index is -0.0715.